The van der Waals surface area contributed by atoms with Crippen LogP contribution in [0.25, 0.3) is 11.0 Å². The monoisotopic (exact) mass is 448 g/mol. The second kappa shape index (κ2) is 8.30. The third-order valence-electron chi connectivity index (χ3n) is 5.42. The van der Waals surface area contributed by atoms with Crippen LogP contribution in [-0.4, -0.2) is 45.7 Å². The summed E-state index contributed by atoms with van der Waals surface area (Å²) in [7, 11) is 3.57. The average Bonchev–Trinajstić information content (AvgIpc) is 3.14. The maximum Gasteiger partial charge on any atom is 0.416 e. The summed E-state index contributed by atoms with van der Waals surface area (Å²) in [6, 6.07) is 4.97. The van der Waals surface area contributed by atoms with Crippen molar-refractivity contribution in [2.75, 3.05) is 31.2 Å². The average molecular weight is 448 g/mol. The number of benzene rings is 1. The van der Waals surface area contributed by atoms with Crippen LogP contribution in [0.15, 0.2) is 35.4 Å². The van der Waals surface area contributed by atoms with Crippen LogP contribution in [0.3, 0.4) is 0 Å². The summed E-state index contributed by atoms with van der Waals surface area (Å²) in [5.41, 5.74) is 5.26. The molecule has 11 heteroatoms. The number of pyridine rings is 1. The van der Waals surface area contributed by atoms with Gasteiger partial charge in [-0.3, -0.25) is 9.36 Å². The first-order valence-corrected chi connectivity index (χ1v) is 10.0. The standard InChI is InChI=1S/C21H23F3N6O2/c1-29-4-3-15(10-29)32-17-8-16-18(27-11-28-19(16)30(2)20(17)31)26-9-12-5-13(21(22,23)24)7-14(25)6-12/h5-8,11,15H,3-4,9-10,25H2,1-2H3,(H,26,27,28). The fourth-order valence-electron chi connectivity index (χ4n) is 3.81. The van der Waals surface area contributed by atoms with Gasteiger partial charge in [0.1, 0.15) is 23.9 Å². The van der Waals surface area contributed by atoms with Gasteiger partial charge in [-0.1, -0.05) is 0 Å². The third kappa shape index (κ3) is 4.47. The van der Waals surface area contributed by atoms with Crippen LogP contribution < -0.4 is 21.3 Å². The van der Waals surface area contributed by atoms with E-state index in [0.717, 1.165) is 25.1 Å². The summed E-state index contributed by atoms with van der Waals surface area (Å²) in [6.45, 7) is 1.65. The summed E-state index contributed by atoms with van der Waals surface area (Å²) >= 11 is 0. The van der Waals surface area contributed by atoms with Crippen LogP contribution in [0.2, 0.25) is 0 Å². The van der Waals surface area contributed by atoms with Gasteiger partial charge < -0.3 is 20.7 Å². The molecule has 1 unspecified atom stereocenters. The van der Waals surface area contributed by atoms with E-state index in [-0.39, 0.29) is 29.6 Å². The number of fused-ring (bicyclic) bond motifs is 1. The maximum absolute atomic E-state index is 13.1. The molecule has 0 bridgehead atoms. The highest BCUT2D eigenvalue weighted by atomic mass is 19.4. The lowest BCUT2D eigenvalue weighted by molar-refractivity contribution is -0.137. The second-order valence-corrected chi connectivity index (χ2v) is 7.94. The van der Waals surface area contributed by atoms with Gasteiger partial charge >= 0.3 is 6.18 Å². The number of anilines is 2. The Labute approximate surface area is 181 Å². The molecule has 1 aliphatic heterocycles. The number of alkyl halides is 3. The van der Waals surface area contributed by atoms with E-state index in [1.54, 1.807) is 13.1 Å². The number of nitrogens with zero attached hydrogens (tertiary/aromatic N) is 4. The van der Waals surface area contributed by atoms with E-state index in [9.17, 15) is 18.0 Å². The topological polar surface area (TPSA) is 98.3 Å². The van der Waals surface area contributed by atoms with Crippen LogP contribution in [-0.2, 0) is 19.8 Å². The van der Waals surface area contributed by atoms with Crippen molar-refractivity contribution < 1.29 is 17.9 Å². The maximum atomic E-state index is 13.1. The Morgan fingerprint density at radius 2 is 2.00 bits per heavy atom. The van der Waals surface area contributed by atoms with E-state index in [4.69, 9.17) is 10.5 Å². The number of aryl methyl sites for hydroxylation is 1. The summed E-state index contributed by atoms with van der Waals surface area (Å²) in [5, 5.41) is 3.56. The fourth-order valence-corrected chi connectivity index (χ4v) is 3.81. The van der Waals surface area contributed by atoms with Gasteiger partial charge in [-0.25, -0.2) is 9.97 Å². The molecule has 1 atom stereocenters. The molecular formula is C21H23F3N6O2. The lowest BCUT2D eigenvalue weighted by Gasteiger charge is -2.16. The van der Waals surface area contributed by atoms with Crippen LogP contribution in [0, 0.1) is 0 Å². The number of aromatic nitrogens is 3. The highest BCUT2D eigenvalue weighted by Gasteiger charge is 2.31. The van der Waals surface area contributed by atoms with Crippen molar-refractivity contribution in [3.63, 3.8) is 0 Å². The number of ether oxygens (including phenoxy) is 1. The summed E-state index contributed by atoms with van der Waals surface area (Å²) < 4.78 is 46.6. The number of nitrogen functional groups attached to an aromatic ring is 1. The highest BCUT2D eigenvalue weighted by molar-refractivity contribution is 5.87. The number of likely N-dealkylation sites (N-methyl/N-ethyl adjacent to an activating group) is 1. The van der Waals surface area contributed by atoms with E-state index in [2.05, 4.69) is 20.2 Å². The summed E-state index contributed by atoms with van der Waals surface area (Å²) in [6.07, 6.45) is -2.49. The van der Waals surface area contributed by atoms with Crippen molar-refractivity contribution in [3.8, 4) is 5.75 Å². The molecular weight excluding hydrogens is 425 g/mol. The van der Waals surface area contributed by atoms with Crippen LogP contribution >= 0.6 is 0 Å². The Bertz CT molecular complexity index is 1210. The predicted octanol–water partition coefficient (Wildman–Crippen LogP) is 2.62. The minimum atomic E-state index is -4.50. The molecule has 3 heterocycles. The van der Waals surface area contributed by atoms with Gasteiger partial charge in [0, 0.05) is 38.4 Å². The molecule has 0 amide bonds. The number of likely N-dealkylation sites (tertiary alicyclic amines) is 1. The molecule has 8 nitrogen and oxygen atoms in total. The van der Waals surface area contributed by atoms with Gasteiger partial charge in [0.25, 0.3) is 5.56 Å². The molecule has 1 aliphatic rings. The molecule has 32 heavy (non-hydrogen) atoms. The molecule has 3 N–H and O–H groups in total. The first kappa shape index (κ1) is 21.9. The largest absolute Gasteiger partial charge is 0.483 e. The first-order valence-electron chi connectivity index (χ1n) is 10.0. The number of nitrogens with one attached hydrogen (secondary N) is 1. The quantitative estimate of drug-likeness (QED) is 0.579. The Hall–Kier alpha value is -3.34. The molecule has 170 valence electrons. The number of hydrogen-bond donors (Lipinski definition) is 2. The van der Waals surface area contributed by atoms with Gasteiger partial charge in [0.05, 0.1) is 10.9 Å². The molecule has 1 fully saturated rings. The Morgan fingerprint density at radius 1 is 1.22 bits per heavy atom. The van der Waals surface area contributed by atoms with Gasteiger partial charge in [-0.2, -0.15) is 13.2 Å². The van der Waals surface area contributed by atoms with Crippen LogP contribution in [0.5, 0.6) is 5.75 Å². The Balaban J connectivity index is 1.65. The molecule has 0 spiro atoms. The van der Waals surface area contributed by atoms with E-state index in [1.165, 1.54) is 17.0 Å². The normalized spacial score (nSPS) is 17.1. The van der Waals surface area contributed by atoms with Crippen molar-refractivity contribution in [2.24, 2.45) is 7.05 Å². The molecule has 1 saturated heterocycles. The summed E-state index contributed by atoms with van der Waals surface area (Å²) in [5.74, 6) is 0.552. The number of rotatable bonds is 5. The highest BCUT2D eigenvalue weighted by Crippen LogP contribution is 2.31. The van der Waals surface area contributed by atoms with Crippen molar-refractivity contribution in [3.05, 3.63) is 52.1 Å². The van der Waals surface area contributed by atoms with Gasteiger partial charge in [-0.05, 0) is 37.2 Å². The summed E-state index contributed by atoms with van der Waals surface area (Å²) in [4.78, 5) is 23.3. The zero-order valence-electron chi connectivity index (χ0n) is 17.6. The SMILES string of the molecule is CN1CCC(Oc2cc3c(NCc4cc(N)cc(C(F)(F)F)c4)ncnc3n(C)c2=O)C1. The van der Waals surface area contributed by atoms with Crippen molar-refractivity contribution in [1.82, 2.24) is 19.4 Å². The van der Waals surface area contributed by atoms with E-state index < -0.39 is 11.7 Å². The molecule has 4 rings (SSSR count). The predicted molar refractivity (Wildman–Crippen MR) is 114 cm³/mol. The number of nitrogens with two attached hydrogens (primary N) is 1. The number of halogens is 3. The molecule has 2 aromatic heterocycles. The lowest BCUT2D eigenvalue weighted by Crippen LogP contribution is -2.27. The zero-order chi connectivity index (χ0) is 23.0. The zero-order valence-corrected chi connectivity index (χ0v) is 17.6. The van der Waals surface area contributed by atoms with E-state index >= 15 is 0 Å². The Kier molecular flexibility index (Phi) is 5.68. The molecule has 0 saturated carbocycles. The van der Waals surface area contributed by atoms with E-state index in [0.29, 0.717) is 29.0 Å². The minimum Gasteiger partial charge on any atom is -0.483 e. The van der Waals surface area contributed by atoms with Gasteiger partial charge in [0.2, 0.25) is 0 Å². The minimum absolute atomic E-state index is 0.0174. The first-order chi connectivity index (χ1) is 15.1. The second-order valence-electron chi connectivity index (χ2n) is 7.94. The fraction of sp³-hybridized carbons (Fsp3) is 0.381. The Morgan fingerprint density at radius 3 is 2.69 bits per heavy atom. The van der Waals surface area contributed by atoms with Crippen LogP contribution in [0.4, 0.5) is 24.7 Å². The number of hydrogen-bond acceptors (Lipinski definition) is 7. The lowest BCUT2D eigenvalue weighted by atomic mass is 10.1. The van der Waals surface area contributed by atoms with Crippen molar-refractivity contribution >= 4 is 22.5 Å². The molecule has 1 aromatic carbocycles. The third-order valence-corrected chi connectivity index (χ3v) is 5.42. The molecule has 0 radical (unpaired) electrons. The van der Waals surface area contributed by atoms with Gasteiger partial charge in [-0.15, -0.1) is 0 Å². The van der Waals surface area contributed by atoms with Crippen molar-refractivity contribution in [2.45, 2.75) is 25.2 Å². The van der Waals surface area contributed by atoms with Crippen molar-refractivity contribution in [1.29, 1.82) is 0 Å². The van der Waals surface area contributed by atoms with E-state index in [1.807, 2.05) is 7.05 Å². The van der Waals surface area contributed by atoms with Crippen LogP contribution in [0.1, 0.15) is 17.5 Å². The molecule has 0 aliphatic carbocycles. The molecule has 3 aromatic rings. The van der Waals surface area contributed by atoms with Gasteiger partial charge in [0.15, 0.2) is 5.75 Å². The smallest absolute Gasteiger partial charge is 0.416 e.